The Bertz CT molecular complexity index is 907. The minimum absolute atomic E-state index is 0.0721. The van der Waals surface area contributed by atoms with Crippen molar-refractivity contribution in [1.29, 1.82) is 0 Å². The maximum atomic E-state index is 12.8. The van der Waals surface area contributed by atoms with Crippen molar-refractivity contribution in [1.82, 2.24) is 29.7 Å². The molecule has 0 N–H and O–H groups in total. The molecule has 1 aliphatic rings. The molecule has 0 spiro atoms. The molecule has 0 radical (unpaired) electrons. The number of anilines is 1. The molecule has 0 bridgehead atoms. The van der Waals surface area contributed by atoms with Crippen LogP contribution in [0.4, 0.5) is 5.95 Å². The van der Waals surface area contributed by atoms with Gasteiger partial charge in [0.25, 0.3) is 5.91 Å². The number of aromatic nitrogens is 5. The van der Waals surface area contributed by atoms with Gasteiger partial charge >= 0.3 is 0 Å². The van der Waals surface area contributed by atoms with Gasteiger partial charge in [-0.1, -0.05) is 23.3 Å². The van der Waals surface area contributed by atoms with Crippen LogP contribution in [-0.2, 0) is 7.05 Å². The molecule has 1 amide bonds. The fourth-order valence-electron chi connectivity index (χ4n) is 3.22. The maximum Gasteiger partial charge on any atom is 0.270 e. The highest BCUT2D eigenvalue weighted by Crippen LogP contribution is 2.18. The average molecular weight is 351 g/mol. The van der Waals surface area contributed by atoms with E-state index in [0.29, 0.717) is 32.1 Å². The van der Waals surface area contributed by atoms with Gasteiger partial charge in [-0.15, -0.1) is 0 Å². The number of tetrazole rings is 1. The van der Waals surface area contributed by atoms with E-state index in [1.54, 1.807) is 4.68 Å². The summed E-state index contributed by atoms with van der Waals surface area (Å²) in [5.41, 5.74) is 2.73. The van der Waals surface area contributed by atoms with Gasteiger partial charge in [-0.05, 0) is 41.6 Å². The van der Waals surface area contributed by atoms with Gasteiger partial charge in [0.2, 0.25) is 5.95 Å². The summed E-state index contributed by atoms with van der Waals surface area (Å²) in [5, 5.41) is 12.1. The Balaban J connectivity index is 1.47. The SMILES string of the molecule is Cc1ccc(C(=O)N2CCN(c3nnnn3-c3ccccc3)CC2)n1C. The minimum Gasteiger partial charge on any atom is -0.344 e. The molecule has 1 fully saturated rings. The zero-order valence-electron chi connectivity index (χ0n) is 14.9. The third-order valence-electron chi connectivity index (χ3n) is 4.90. The lowest BCUT2D eigenvalue weighted by Crippen LogP contribution is -2.49. The Morgan fingerprint density at radius 2 is 1.73 bits per heavy atom. The molecule has 134 valence electrons. The normalized spacial score (nSPS) is 14.7. The summed E-state index contributed by atoms with van der Waals surface area (Å²) in [5.74, 6) is 0.779. The number of carbonyl (C=O) groups is 1. The summed E-state index contributed by atoms with van der Waals surface area (Å²) in [4.78, 5) is 16.8. The molecule has 8 nitrogen and oxygen atoms in total. The minimum atomic E-state index is 0.0721. The zero-order chi connectivity index (χ0) is 18.1. The summed E-state index contributed by atoms with van der Waals surface area (Å²) < 4.78 is 3.67. The number of nitrogens with zero attached hydrogens (tertiary/aromatic N) is 7. The smallest absolute Gasteiger partial charge is 0.270 e. The van der Waals surface area contributed by atoms with Gasteiger partial charge < -0.3 is 14.4 Å². The van der Waals surface area contributed by atoms with E-state index in [1.807, 2.05) is 65.9 Å². The average Bonchev–Trinajstić information content (AvgIpc) is 3.30. The van der Waals surface area contributed by atoms with E-state index < -0.39 is 0 Å². The number of piperazine rings is 1. The molecular formula is C18H21N7O. The first-order chi connectivity index (χ1) is 12.6. The van der Waals surface area contributed by atoms with E-state index in [4.69, 9.17) is 0 Å². The summed E-state index contributed by atoms with van der Waals surface area (Å²) >= 11 is 0. The first-order valence-electron chi connectivity index (χ1n) is 8.65. The van der Waals surface area contributed by atoms with Gasteiger partial charge in [0.15, 0.2) is 0 Å². The van der Waals surface area contributed by atoms with Crippen LogP contribution in [0.1, 0.15) is 16.2 Å². The van der Waals surface area contributed by atoms with Crippen LogP contribution in [0.15, 0.2) is 42.5 Å². The van der Waals surface area contributed by atoms with Crippen LogP contribution in [0.25, 0.3) is 5.69 Å². The number of hydrogen-bond donors (Lipinski definition) is 0. The Hall–Kier alpha value is -3.16. The van der Waals surface area contributed by atoms with Crippen molar-refractivity contribution < 1.29 is 4.79 Å². The van der Waals surface area contributed by atoms with Gasteiger partial charge in [0.1, 0.15) is 5.69 Å². The first kappa shape index (κ1) is 16.3. The highest BCUT2D eigenvalue weighted by molar-refractivity contribution is 5.93. The third kappa shape index (κ3) is 2.83. The largest absolute Gasteiger partial charge is 0.344 e. The molecule has 0 unspecified atom stereocenters. The topological polar surface area (TPSA) is 72.1 Å². The Kier molecular flexibility index (Phi) is 4.16. The molecule has 4 rings (SSSR count). The number of benzene rings is 1. The molecule has 1 aliphatic heterocycles. The Morgan fingerprint density at radius 3 is 2.38 bits per heavy atom. The highest BCUT2D eigenvalue weighted by Gasteiger charge is 2.26. The van der Waals surface area contributed by atoms with Crippen molar-refractivity contribution in [3.8, 4) is 5.69 Å². The van der Waals surface area contributed by atoms with Gasteiger partial charge in [0.05, 0.1) is 5.69 Å². The van der Waals surface area contributed by atoms with Gasteiger partial charge in [-0.3, -0.25) is 4.79 Å². The molecule has 1 aromatic carbocycles. The first-order valence-corrected chi connectivity index (χ1v) is 8.65. The summed E-state index contributed by atoms with van der Waals surface area (Å²) in [7, 11) is 1.92. The quantitative estimate of drug-likeness (QED) is 0.711. The van der Waals surface area contributed by atoms with Crippen molar-refractivity contribution in [2.24, 2.45) is 7.05 Å². The molecule has 26 heavy (non-hydrogen) atoms. The standard InChI is InChI=1S/C18H21N7O/c1-14-8-9-16(22(14)2)17(26)23-10-12-24(13-11-23)18-19-20-21-25(18)15-6-4-3-5-7-15/h3-9H,10-13H2,1-2H3. The van der Waals surface area contributed by atoms with Crippen LogP contribution in [0, 0.1) is 6.92 Å². The van der Waals surface area contributed by atoms with E-state index in [9.17, 15) is 4.79 Å². The molecule has 8 heteroatoms. The number of rotatable bonds is 3. The van der Waals surface area contributed by atoms with E-state index >= 15 is 0 Å². The van der Waals surface area contributed by atoms with Crippen molar-refractivity contribution >= 4 is 11.9 Å². The number of aryl methyl sites for hydroxylation is 1. The highest BCUT2D eigenvalue weighted by atomic mass is 16.2. The summed E-state index contributed by atoms with van der Waals surface area (Å²) in [6.45, 7) is 4.68. The molecule has 0 atom stereocenters. The molecule has 0 aliphatic carbocycles. The van der Waals surface area contributed by atoms with Crippen LogP contribution in [-0.4, -0.2) is 61.8 Å². The van der Waals surface area contributed by atoms with E-state index in [-0.39, 0.29) is 5.91 Å². The molecule has 0 saturated carbocycles. The zero-order valence-corrected chi connectivity index (χ0v) is 14.9. The fraction of sp³-hybridized carbons (Fsp3) is 0.333. The lowest BCUT2D eigenvalue weighted by atomic mass is 10.3. The van der Waals surface area contributed by atoms with Crippen molar-refractivity contribution in [2.45, 2.75) is 6.92 Å². The monoisotopic (exact) mass is 351 g/mol. The number of para-hydroxylation sites is 1. The summed E-state index contributed by atoms with van der Waals surface area (Å²) in [6, 6.07) is 13.7. The predicted molar refractivity (Wildman–Crippen MR) is 97.4 cm³/mol. The fourth-order valence-corrected chi connectivity index (χ4v) is 3.22. The molecular weight excluding hydrogens is 330 g/mol. The third-order valence-corrected chi connectivity index (χ3v) is 4.90. The van der Waals surface area contributed by atoms with Crippen LogP contribution >= 0.6 is 0 Å². The van der Waals surface area contributed by atoms with Crippen molar-refractivity contribution in [3.05, 3.63) is 53.9 Å². The second kappa shape index (κ2) is 6.62. The predicted octanol–water partition coefficient (Wildman–Crippen LogP) is 1.27. The lowest BCUT2D eigenvalue weighted by molar-refractivity contribution is 0.0736. The van der Waals surface area contributed by atoms with Crippen LogP contribution < -0.4 is 4.90 Å². The van der Waals surface area contributed by atoms with Crippen LogP contribution in [0.5, 0.6) is 0 Å². The second-order valence-electron chi connectivity index (χ2n) is 6.42. The van der Waals surface area contributed by atoms with E-state index in [2.05, 4.69) is 20.4 Å². The lowest BCUT2D eigenvalue weighted by Gasteiger charge is -2.34. The number of carbonyl (C=O) groups excluding carboxylic acids is 1. The van der Waals surface area contributed by atoms with Crippen LogP contribution in [0.2, 0.25) is 0 Å². The van der Waals surface area contributed by atoms with Crippen LogP contribution in [0.3, 0.4) is 0 Å². The molecule has 2 aromatic heterocycles. The van der Waals surface area contributed by atoms with Crippen molar-refractivity contribution in [3.63, 3.8) is 0 Å². The molecule has 1 saturated heterocycles. The number of amides is 1. The van der Waals surface area contributed by atoms with Crippen molar-refractivity contribution in [2.75, 3.05) is 31.1 Å². The maximum absolute atomic E-state index is 12.8. The molecule has 3 aromatic rings. The molecule has 3 heterocycles. The Labute approximate surface area is 151 Å². The Morgan fingerprint density at radius 1 is 1.00 bits per heavy atom. The summed E-state index contributed by atoms with van der Waals surface area (Å²) in [6.07, 6.45) is 0. The van der Waals surface area contributed by atoms with Gasteiger partial charge in [0, 0.05) is 38.9 Å². The van der Waals surface area contributed by atoms with Gasteiger partial charge in [-0.25, -0.2) is 0 Å². The van der Waals surface area contributed by atoms with Gasteiger partial charge in [-0.2, -0.15) is 4.68 Å². The number of hydrogen-bond acceptors (Lipinski definition) is 5. The second-order valence-corrected chi connectivity index (χ2v) is 6.42. The van der Waals surface area contributed by atoms with E-state index in [0.717, 1.165) is 17.1 Å². The van der Waals surface area contributed by atoms with E-state index in [1.165, 1.54) is 0 Å².